The highest BCUT2D eigenvalue weighted by atomic mass is 19.2. The first kappa shape index (κ1) is 11.8. The summed E-state index contributed by atoms with van der Waals surface area (Å²) in [5, 5.41) is 18.8. The van der Waals surface area contributed by atoms with Crippen molar-refractivity contribution in [2.75, 3.05) is 0 Å². The van der Waals surface area contributed by atoms with Gasteiger partial charge in [0.1, 0.15) is 0 Å². The third-order valence-electron chi connectivity index (χ3n) is 1.67. The van der Waals surface area contributed by atoms with Gasteiger partial charge in [-0.25, -0.2) is 13.6 Å². The first-order valence-corrected chi connectivity index (χ1v) is 3.96. The van der Waals surface area contributed by atoms with Crippen LogP contribution < -0.4 is 0 Å². The zero-order valence-electron chi connectivity index (χ0n) is 7.68. The van der Waals surface area contributed by atoms with Gasteiger partial charge in [-0.05, 0) is 12.1 Å². The Morgan fingerprint density at radius 1 is 1.38 bits per heavy atom. The van der Waals surface area contributed by atoms with Gasteiger partial charge in [0, 0.05) is 6.08 Å². The van der Waals surface area contributed by atoms with Crippen LogP contribution in [0.4, 0.5) is 14.5 Å². The van der Waals surface area contributed by atoms with E-state index in [1.54, 1.807) is 0 Å². The zero-order valence-corrected chi connectivity index (χ0v) is 7.68. The highest BCUT2D eigenvalue weighted by molar-refractivity contribution is 5.86. The van der Waals surface area contributed by atoms with E-state index in [0.29, 0.717) is 18.2 Å². The number of nitro benzene ring substituents is 1. The number of nitrogens with zero attached hydrogens (tertiary/aromatic N) is 1. The molecule has 7 heteroatoms. The van der Waals surface area contributed by atoms with Gasteiger partial charge in [-0.3, -0.25) is 10.1 Å². The van der Waals surface area contributed by atoms with E-state index in [4.69, 9.17) is 5.11 Å². The van der Waals surface area contributed by atoms with E-state index in [1.165, 1.54) is 0 Å². The van der Waals surface area contributed by atoms with E-state index in [2.05, 4.69) is 0 Å². The molecule has 0 aliphatic heterocycles. The number of nitro groups is 1. The second kappa shape index (κ2) is 4.47. The average molecular weight is 229 g/mol. The molecule has 0 fully saturated rings. The second-order valence-corrected chi connectivity index (χ2v) is 2.75. The summed E-state index contributed by atoms with van der Waals surface area (Å²) in [6, 6.07) is 0.962. The summed E-state index contributed by atoms with van der Waals surface area (Å²) in [4.78, 5) is 19.7. The SMILES string of the molecule is O=C(O)C=Cc1cc(F)c(F)cc1[N+](=O)[O-]. The van der Waals surface area contributed by atoms with E-state index in [-0.39, 0.29) is 5.56 Å². The predicted molar refractivity (Wildman–Crippen MR) is 49.7 cm³/mol. The summed E-state index contributed by atoms with van der Waals surface area (Å²) in [5.74, 6) is -3.99. The van der Waals surface area contributed by atoms with Crippen molar-refractivity contribution in [2.45, 2.75) is 0 Å². The van der Waals surface area contributed by atoms with Crippen LogP contribution in [0.3, 0.4) is 0 Å². The highest BCUT2D eigenvalue weighted by Crippen LogP contribution is 2.23. The third-order valence-corrected chi connectivity index (χ3v) is 1.67. The van der Waals surface area contributed by atoms with Crippen molar-refractivity contribution in [3.63, 3.8) is 0 Å². The fourth-order valence-corrected chi connectivity index (χ4v) is 1.00. The largest absolute Gasteiger partial charge is 0.478 e. The quantitative estimate of drug-likeness (QED) is 0.488. The summed E-state index contributed by atoms with van der Waals surface area (Å²) in [7, 11) is 0. The fourth-order valence-electron chi connectivity index (χ4n) is 1.00. The van der Waals surface area contributed by atoms with E-state index >= 15 is 0 Å². The minimum absolute atomic E-state index is 0.314. The number of benzene rings is 1. The first-order valence-electron chi connectivity index (χ1n) is 3.96. The van der Waals surface area contributed by atoms with Crippen molar-refractivity contribution in [2.24, 2.45) is 0 Å². The van der Waals surface area contributed by atoms with Crippen molar-refractivity contribution >= 4 is 17.7 Å². The lowest BCUT2D eigenvalue weighted by Crippen LogP contribution is -1.96. The normalized spacial score (nSPS) is 10.6. The molecule has 0 unspecified atom stereocenters. The summed E-state index contributed by atoms with van der Waals surface area (Å²) in [5.41, 5.74) is -1.01. The average Bonchev–Trinajstić information content (AvgIpc) is 2.18. The van der Waals surface area contributed by atoms with Crippen molar-refractivity contribution in [1.29, 1.82) is 0 Å². The van der Waals surface area contributed by atoms with E-state index < -0.39 is 28.2 Å². The second-order valence-electron chi connectivity index (χ2n) is 2.75. The Labute approximate surface area is 87.8 Å². The molecule has 0 aliphatic carbocycles. The molecule has 1 N–H and O–H groups in total. The van der Waals surface area contributed by atoms with Crippen molar-refractivity contribution < 1.29 is 23.6 Å². The van der Waals surface area contributed by atoms with Crippen molar-refractivity contribution in [1.82, 2.24) is 0 Å². The van der Waals surface area contributed by atoms with Crippen LogP contribution in [0.25, 0.3) is 6.08 Å². The number of hydrogen-bond acceptors (Lipinski definition) is 3. The predicted octanol–water partition coefficient (Wildman–Crippen LogP) is 1.97. The summed E-state index contributed by atoms with van der Waals surface area (Å²) in [6.07, 6.45) is 1.42. The van der Waals surface area contributed by atoms with Gasteiger partial charge < -0.3 is 5.11 Å². The van der Waals surface area contributed by atoms with E-state index in [9.17, 15) is 23.7 Å². The van der Waals surface area contributed by atoms with Crippen LogP contribution >= 0.6 is 0 Å². The molecule has 0 aromatic heterocycles. The third kappa shape index (κ3) is 2.59. The van der Waals surface area contributed by atoms with Crippen LogP contribution in [0, 0.1) is 21.7 Å². The van der Waals surface area contributed by atoms with E-state index in [0.717, 1.165) is 6.08 Å². The Balaban J connectivity index is 3.30. The van der Waals surface area contributed by atoms with Crippen LogP contribution in [0.15, 0.2) is 18.2 Å². The van der Waals surface area contributed by atoms with Gasteiger partial charge in [0.25, 0.3) is 5.69 Å². The zero-order chi connectivity index (χ0) is 12.3. The molecule has 0 spiro atoms. The van der Waals surface area contributed by atoms with Gasteiger partial charge in [0.2, 0.25) is 0 Å². The molecular formula is C9H5F2NO4. The maximum atomic E-state index is 12.8. The molecule has 5 nitrogen and oxygen atoms in total. The van der Waals surface area contributed by atoms with Gasteiger partial charge in [-0.2, -0.15) is 0 Å². The Bertz CT molecular complexity index is 485. The summed E-state index contributed by atoms with van der Waals surface area (Å²) in [6.45, 7) is 0. The molecular weight excluding hydrogens is 224 g/mol. The Morgan fingerprint density at radius 2 is 1.94 bits per heavy atom. The van der Waals surface area contributed by atoms with E-state index in [1.807, 2.05) is 0 Å². The molecule has 0 atom stereocenters. The molecule has 0 amide bonds. The lowest BCUT2D eigenvalue weighted by Gasteiger charge is -1.98. The van der Waals surface area contributed by atoms with Crippen LogP contribution in [0.1, 0.15) is 5.56 Å². The van der Waals surface area contributed by atoms with Gasteiger partial charge in [-0.15, -0.1) is 0 Å². The van der Waals surface area contributed by atoms with Crippen molar-refractivity contribution in [3.05, 3.63) is 45.5 Å². The van der Waals surface area contributed by atoms with Gasteiger partial charge in [0.05, 0.1) is 16.6 Å². The molecule has 84 valence electrons. The molecule has 0 saturated carbocycles. The molecule has 0 saturated heterocycles. The lowest BCUT2D eigenvalue weighted by atomic mass is 10.1. The first-order chi connectivity index (χ1) is 7.41. The van der Waals surface area contributed by atoms with Crippen LogP contribution in [0.2, 0.25) is 0 Å². The minimum atomic E-state index is -1.36. The number of halogens is 2. The number of aliphatic carboxylic acids is 1. The van der Waals surface area contributed by atoms with Crippen LogP contribution in [-0.2, 0) is 4.79 Å². The number of carbonyl (C=O) groups is 1. The number of carboxylic acid groups (broad SMARTS) is 1. The maximum Gasteiger partial charge on any atom is 0.328 e. The topological polar surface area (TPSA) is 80.4 Å². The maximum absolute atomic E-state index is 12.8. The minimum Gasteiger partial charge on any atom is -0.478 e. The molecule has 1 aromatic carbocycles. The lowest BCUT2D eigenvalue weighted by molar-refractivity contribution is -0.385. The fraction of sp³-hybridized carbons (Fsp3) is 0. The molecule has 0 aliphatic rings. The van der Waals surface area contributed by atoms with Crippen molar-refractivity contribution in [3.8, 4) is 0 Å². The molecule has 1 aromatic rings. The summed E-state index contributed by atoms with van der Waals surface area (Å²) >= 11 is 0. The smallest absolute Gasteiger partial charge is 0.328 e. The monoisotopic (exact) mass is 229 g/mol. The molecule has 0 heterocycles. The van der Waals surface area contributed by atoms with Gasteiger partial charge in [0.15, 0.2) is 11.6 Å². The number of carboxylic acids is 1. The Morgan fingerprint density at radius 3 is 2.44 bits per heavy atom. The van der Waals surface area contributed by atoms with Crippen LogP contribution in [0.5, 0.6) is 0 Å². The molecule has 1 rings (SSSR count). The highest BCUT2D eigenvalue weighted by Gasteiger charge is 2.16. The Kier molecular flexibility index (Phi) is 3.29. The summed E-state index contributed by atoms with van der Waals surface area (Å²) < 4.78 is 25.5. The standard InChI is InChI=1S/C9H5F2NO4/c10-6-3-5(1-2-9(13)14)8(12(15)16)4-7(6)11/h1-4H,(H,13,14). The molecule has 0 radical (unpaired) electrons. The number of rotatable bonds is 3. The van der Waals surface area contributed by atoms with Gasteiger partial charge in [-0.1, -0.05) is 0 Å². The van der Waals surface area contributed by atoms with Gasteiger partial charge >= 0.3 is 5.97 Å². The molecule has 16 heavy (non-hydrogen) atoms. The number of hydrogen-bond donors (Lipinski definition) is 1. The molecule has 0 bridgehead atoms. The Hall–Kier alpha value is -2.31. The van der Waals surface area contributed by atoms with Crippen LogP contribution in [-0.4, -0.2) is 16.0 Å².